The fraction of sp³-hybridized carbons (Fsp3) is 0.364. The van der Waals surface area contributed by atoms with Gasteiger partial charge in [-0.05, 0) is 17.7 Å². The van der Waals surface area contributed by atoms with Crippen LogP contribution in [0.2, 0.25) is 0 Å². The normalized spacial score (nSPS) is 11.1. The third kappa shape index (κ3) is 4.80. The molecule has 0 aromatic heterocycles. The zero-order valence-electron chi connectivity index (χ0n) is 8.51. The molecule has 2 nitrogen and oxygen atoms in total. The number of nitrogens with one attached hydrogen (secondary N) is 1. The summed E-state index contributed by atoms with van der Waals surface area (Å²) >= 11 is 0. The Labute approximate surface area is 91.7 Å². The summed E-state index contributed by atoms with van der Waals surface area (Å²) in [5, 5.41) is 11.2. The summed E-state index contributed by atoms with van der Waals surface area (Å²) in [6, 6.07) is 8.69. The van der Waals surface area contributed by atoms with Gasteiger partial charge in [-0.1, -0.05) is 12.1 Å². The average molecular weight is 228 g/mol. The molecular weight excluding hydrogens is 217 g/mol. The highest BCUT2D eigenvalue weighted by Crippen LogP contribution is 2.18. The van der Waals surface area contributed by atoms with Gasteiger partial charge in [-0.2, -0.15) is 18.4 Å². The van der Waals surface area contributed by atoms with E-state index in [1.807, 2.05) is 6.07 Å². The maximum Gasteiger partial charge on any atom is 0.390 e. The van der Waals surface area contributed by atoms with Crippen LogP contribution in [-0.2, 0) is 6.54 Å². The number of nitrogens with zero attached hydrogens (tertiary/aromatic N) is 1. The first-order chi connectivity index (χ1) is 7.51. The maximum atomic E-state index is 11.8. The highest BCUT2D eigenvalue weighted by molar-refractivity contribution is 5.31. The van der Waals surface area contributed by atoms with Crippen molar-refractivity contribution in [2.24, 2.45) is 0 Å². The van der Waals surface area contributed by atoms with Gasteiger partial charge in [0.05, 0.1) is 18.1 Å². The highest BCUT2D eigenvalue weighted by Gasteiger charge is 2.25. The molecule has 1 aromatic carbocycles. The van der Waals surface area contributed by atoms with Crippen LogP contribution in [0.4, 0.5) is 13.2 Å². The molecule has 0 saturated carbocycles. The van der Waals surface area contributed by atoms with E-state index in [0.717, 1.165) is 5.56 Å². The number of hydrogen-bond acceptors (Lipinski definition) is 2. The average Bonchev–Trinajstić information content (AvgIpc) is 2.24. The summed E-state index contributed by atoms with van der Waals surface area (Å²) in [4.78, 5) is 0. The molecule has 0 fully saturated rings. The van der Waals surface area contributed by atoms with E-state index in [2.05, 4.69) is 5.32 Å². The molecule has 1 N–H and O–H groups in total. The molecule has 16 heavy (non-hydrogen) atoms. The number of nitriles is 1. The molecule has 0 radical (unpaired) electrons. The van der Waals surface area contributed by atoms with Crippen molar-refractivity contribution in [3.63, 3.8) is 0 Å². The smallest absolute Gasteiger partial charge is 0.312 e. The summed E-state index contributed by atoms with van der Waals surface area (Å²) in [5.74, 6) is 0. The van der Waals surface area contributed by atoms with E-state index in [0.29, 0.717) is 12.1 Å². The Bertz CT molecular complexity index is 362. The molecule has 0 spiro atoms. The first-order valence-electron chi connectivity index (χ1n) is 4.78. The maximum absolute atomic E-state index is 11.8. The minimum absolute atomic E-state index is 0.0937. The summed E-state index contributed by atoms with van der Waals surface area (Å²) in [6.07, 6.45) is -4.94. The molecule has 0 bridgehead atoms. The first kappa shape index (κ1) is 12.5. The standard InChI is InChI=1S/C11H11F3N2/c12-11(13,14)5-6-16-8-10-3-1-9(7-15)2-4-10/h1-4,16H,5-6,8H2. The second-order valence-corrected chi connectivity index (χ2v) is 3.35. The molecular formula is C11H11F3N2. The number of rotatable bonds is 4. The van der Waals surface area contributed by atoms with Crippen LogP contribution in [0.1, 0.15) is 17.5 Å². The van der Waals surface area contributed by atoms with Gasteiger partial charge in [0.15, 0.2) is 0 Å². The SMILES string of the molecule is N#Cc1ccc(CNCCC(F)(F)F)cc1. The van der Waals surface area contributed by atoms with Crippen LogP contribution in [0.3, 0.4) is 0 Å². The molecule has 0 amide bonds. The lowest BCUT2D eigenvalue weighted by molar-refractivity contribution is -0.133. The van der Waals surface area contributed by atoms with E-state index in [-0.39, 0.29) is 6.54 Å². The number of hydrogen-bond donors (Lipinski definition) is 1. The molecule has 0 aliphatic rings. The van der Waals surface area contributed by atoms with E-state index in [9.17, 15) is 13.2 Å². The van der Waals surface area contributed by atoms with Gasteiger partial charge in [-0.3, -0.25) is 0 Å². The molecule has 1 aromatic rings. The fourth-order valence-electron chi connectivity index (χ4n) is 1.16. The summed E-state index contributed by atoms with van der Waals surface area (Å²) < 4.78 is 35.4. The Kier molecular flexibility index (Phi) is 4.32. The first-order valence-corrected chi connectivity index (χ1v) is 4.78. The Morgan fingerprint density at radius 1 is 1.19 bits per heavy atom. The molecule has 0 heterocycles. The number of alkyl halides is 3. The Morgan fingerprint density at radius 2 is 1.81 bits per heavy atom. The Hall–Kier alpha value is -1.54. The zero-order valence-corrected chi connectivity index (χ0v) is 8.51. The lowest BCUT2D eigenvalue weighted by atomic mass is 10.1. The second kappa shape index (κ2) is 5.52. The number of halogens is 3. The van der Waals surface area contributed by atoms with Crippen LogP contribution < -0.4 is 5.32 Å². The summed E-state index contributed by atoms with van der Waals surface area (Å²) in [6.45, 7) is 0.283. The fourth-order valence-corrected chi connectivity index (χ4v) is 1.16. The lowest BCUT2D eigenvalue weighted by Gasteiger charge is -2.07. The predicted octanol–water partition coefficient (Wildman–Crippen LogP) is 2.60. The monoisotopic (exact) mass is 228 g/mol. The molecule has 0 aliphatic heterocycles. The van der Waals surface area contributed by atoms with Gasteiger partial charge in [-0.25, -0.2) is 0 Å². The van der Waals surface area contributed by atoms with E-state index in [4.69, 9.17) is 5.26 Å². The van der Waals surface area contributed by atoms with Crippen molar-refractivity contribution in [1.82, 2.24) is 5.32 Å². The molecule has 5 heteroatoms. The van der Waals surface area contributed by atoms with E-state index in [1.54, 1.807) is 24.3 Å². The molecule has 0 saturated heterocycles. The van der Waals surface area contributed by atoms with E-state index in [1.165, 1.54) is 0 Å². The molecule has 86 valence electrons. The quantitative estimate of drug-likeness (QED) is 0.804. The predicted molar refractivity (Wildman–Crippen MR) is 53.5 cm³/mol. The van der Waals surface area contributed by atoms with Gasteiger partial charge < -0.3 is 5.32 Å². The third-order valence-corrected chi connectivity index (χ3v) is 2.00. The largest absolute Gasteiger partial charge is 0.390 e. The van der Waals surface area contributed by atoms with Crippen molar-refractivity contribution in [3.05, 3.63) is 35.4 Å². The minimum atomic E-state index is -4.11. The van der Waals surface area contributed by atoms with Gasteiger partial charge in [0.2, 0.25) is 0 Å². The topological polar surface area (TPSA) is 35.8 Å². The van der Waals surface area contributed by atoms with E-state index >= 15 is 0 Å². The lowest BCUT2D eigenvalue weighted by Crippen LogP contribution is -2.21. The Balaban J connectivity index is 2.30. The van der Waals surface area contributed by atoms with Gasteiger partial charge in [0, 0.05) is 13.1 Å². The van der Waals surface area contributed by atoms with Crippen molar-refractivity contribution in [2.45, 2.75) is 19.1 Å². The minimum Gasteiger partial charge on any atom is -0.312 e. The molecule has 0 unspecified atom stereocenters. The van der Waals surface area contributed by atoms with Crippen LogP contribution in [0.25, 0.3) is 0 Å². The van der Waals surface area contributed by atoms with Gasteiger partial charge in [0.1, 0.15) is 0 Å². The van der Waals surface area contributed by atoms with Crippen LogP contribution in [0.5, 0.6) is 0 Å². The van der Waals surface area contributed by atoms with Crippen LogP contribution in [0, 0.1) is 11.3 Å². The van der Waals surface area contributed by atoms with Crippen LogP contribution in [0.15, 0.2) is 24.3 Å². The Morgan fingerprint density at radius 3 is 2.31 bits per heavy atom. The number of benzene rings is 1. The van der Waals surface area contributed by atoms with Crippen molar-refractivity contribution in [3.8, 4) is 6.07 Å². The zero-order chi connectivity index (χ0) is 12.0. The van der Waals surface area contributed by atoms with Gasteiger partial charge in [-0.15, -0.1) is 0 Å². The highest BCUT2D eigenvalue weighted by atomic mass is 19.4. The second-order valence-electron chi connectivity index (χ2n) is 3.35. The van der Waals surface area contributed by atoms with Crippen molar-refractivity contribution >= 4 is 0 Å². The third-order valence-electron chi connectivity index (χ3n) is 2.00. The summed E-state index contributed by atoms with van der Waals surface area (Å²) in [7, 11) is 0. The van der Waals surface area contributed by atoms with Crippen LogP contribution >= 0.6 is 0 Å². The molecule has 1 rings (SSSR count). The van der Waals surface area contributed by atoms with Crippen molar-refractivity contribution < 1.29 is 13.2 Å². The summed E-state index contributed by atoms with van der Waals surface area (Å²) in [5.41, 5.74) is 1.40. The van der Waals surface area contributed by atoms with Gasteiger partial charge in [0.25, 0.3) is 0 Å². The van der Waals surface area contributed by atoms with Gasteiger partial charge >= 0.3 is 6.18 Å². The molecule has 0 aliphatic carbocycles. The van der Waals surface area contributed by atoms with Crippen molar-refractivity contribution in [1.29, 1.82) is 5.26 Å². The van der Waals surface area contributed by atoms with E-state index < -0.39 is 12.6 Å². The van der Waals surface area contributed by atoms with Crippen LogP contribution in [-0.4, -0.2) is 12.7 Å². The van der Waals surface area contributed by atoms with Crippen molar-refractivity contribution in [2.75, 3.05) is 6.54 Å². The molecule has 0 atom stereocenters.